The first-order valence-corrected chi connectivity index (χ1v) is 11.3. The number of nitrogens with zero attached hydrogens (tertiary/aromatic N) is 1. The van der Waals surface area contributed by atoms with Crippen molar-refractivity contribution >= 4 is 26.8 Å². The smallest absolute Gasteiger partial charge is 0.408 e. The molecular weight excluding hydrogens is 366 g/mol. The summed E-state index contributed by atoms with van der Waals surface area (Å²) in [6, 6.07) is 5.87. The highest BCUT2D eigenvalue weighted by atomic mass is 32.2. The van der Waals surface area contributed by atoms with E-state index in [2.05, 4.69) is 10.0 Å². The maximum absolute atomic E-state index is 12.0. The van der Waals surface area contributed by atoms with E-state index >= 15 is 0 Å². The molecule has 150 valence electrons. The van der Waals surface area contributed by atoms with Crippen LogP contribution in [0.5, 0.6) is 0 Å². The van der Waals surface area contributed by atoms with Crippen LogP contribution in [0.3, 0.4) is 0 Å². The van der Waals surface area contributed by atoms with Gasteiger partial charge in [-0.2, -0.15) is 0 Å². The number of oxazole rings is 1. The predicted octanol–water partition coefficient (Wildman–Crippen LogP) is 3.09. The standard InChI is InChI=1S/C19H29N3O4S/c1-4-27(24,25)21-15-7-5-14(6-8-15)12-20-16-9-10-17-18(11-16)26-19(23)22(17)13(2)3/h9-11,13-15,20-21H,4-8,12H2,1-3H3/t14-,15-. The number of hydrogen-bond acceptors (Lipinski definition) is 5. The summed E-state index contributed by atoms with van der Waals surface area (Å²) >= 11 is 0. The summed E-state index contributed by atoms with van der Waals surface area (Å²) in [6.07, 6.45) is 3.73. The second kappa shape index (κ2) is 8.06. The van der Waals surface area contributed by atoms with E-state index in [0.29, 0.717) is 11.5 Å². The summed E-state index contributed by atoms with van der Waals surface area (Å²) in [6.45, 7) is 6.40. The van der Waals surface area contributed by atoms with Crippen molar-refractivity contribution in [2.24, 2.45) is 5.92 Å². The lowest BCUT2D eigenvalue weighted by molar-refractivity contribution is 0.324. The summed E-state index contributed by atoms with van der Waals surface area (Å²) in [7, 11) is -3.12. The fourth-order valence-corrected chi connectivity index (χ4v) is 4.63. The Morgan fingerprint density at radius 1 is 1.22 bits per heavy atom. The van der Waals surface area contributed by atoms with Crippen LogP contribution in [0.1, 0.15) is 52.5 Å². The van der Waals surface area contributed by atoms with Crippen LogP contribution in [0.2, 0.25) is 0 Å². The Morgan fingerprint density at radius 3 is 2.56 bits per heavy atom. The minimum Gasteiger partial charge on any atom is -0.408 e. The van der Waals surface area contributed by atoms with Crippen molar-refractivity contribution in [3.05, 3.63) is 28.7 Å². The summed E-state index contributed by atoms with van der Waals surface area (Å²) in [5, 5.41) is 3.43. The number of sulfonamides is 1. The van der Waals surface area contributed by atoms with Crippen molar-refractivity contribution in [3.63, 3.8) is 0 Å². The third-order valence-corrected chi connectivity index (χ3v) is 6.75. The van der Waals surface area contributed by atoms with E-state index in [9.17, 15) is 13.2 Å². The molecule has 1 aliphatic rings. The van der Waals surface area contributed by atoms with E-state index in [-0.39, 0.29) is 23.6 Å². The van der Waals surface area contributed by atoms with Gasteiger partial charge in [-0.25, -0.2) is 17.9 Å². The molecule has 1 aromatic carbocycles. The van der Waals surface area contributed by atoms with Crippen LogP contribution in [0.15, 0.2) is 27.4 Å². The van der Waals surface area contributed by atoms with Crippen molar-refractivity contribution in [2.75, 3.05) is 17.6 Å². The molecule has 0 aliphatic heterocycles. The number of benzene rings is 1. The number of rotatable bonds is 7. The van der Waals surface area contributed by atoms with E-state index in [1.807, 2.05) is 32.0 Å². The molecule has 2 aromatic rings. The monoisotopic (exact) mass is 395 g/mol. The van der Waals surface area contributed by atoms with Crippen LogP contribution < -0.4 is 15.8 Å². The molecule has 0 bridgehead atoms. The number of anilines is 1. The van der Waals surface area contributed by atoms with Crippen molar-refractivity contribution in [2.45, 2.75) is 58.5 Å². The first kappa shape index (κ1) is 19.9. The third-order valence-electron chi connectivity index (χ3n) is 5.30. The van der Waals surface area contributed by atoms with E-state index in [4.69, 9.17) is 4.42 Å². The van der Waals surface area contributed by atoms with Gasteiger partial charge >= 0.3 is 5.76 Å². The Labute approximate surface area is 160 Å². The topological polar surface area (TPSA) is 93.3 Å². The number of nitrogens with one attached hydrogen (secondary N) is 2. The predicted molar refractivity (Wildman–Crippen MR) is 108 cm³/mol. The van der Waals surface area contributed by atoms with Crippen LogP contribution in [-0.2, 0) is 10.0 Å². The summed E-state index contributed by atoms with van der Waals surface area (Å²) in [5.41, 5.74) is 2.33. The van der Waals surface area contributed by atoms with Gasteiger partial charge in [0.1, 0.15) is 0 Å². The van der Waals surface area contributed by atoms with E-state index in [0.717, 1.165) is 43.4 Å². The van der Waals surface area contributed by atoms with Crippen molar-refractivity contribution in [1.29, 1.82) is 0 Å². The Balaban J connectivity index is 1.56. The van der Waals surface area contributed by atoms with Gasteiger partial charge in [0.15, 0.2) is 5.58 Å². The molecular formula is C19H29N3O4S. The average molecular weight is 396 g/mol. The van der Waals surface area contributed by atoms with Gasteiger partial charge in [0.25, 0.3) is 0 Å². The fourth-order valence-electron chi connectivity index (χ4n) is 3.72. The molecule has 0 radical (unpaired) electrons. The second-order valence-corrected chi connectivity index (χ2v) is 9.68. The van der Waals surface area contributed by atoms with E-state index in [1.165, 1.54) is 0 Å². The Hall–Kier alpha value is -1.80. The van der Waals surface area contributed by atoms with Gasteiger partial charge < -0.3 is 9.73 Å². The maximum atomic E-state index is 12.0. The zero-order chi connectivity index (χ0) is 19.6. The van der Waals surface area contributed by atoms with E-state index in [1.54, 1.807) is 11.5 Å². The first-order valence-electron chi connectivity index (χ1n) is 9.68. The maximum Gasteiger partial charge on any atom is 0.420 e. The molecule has 1 aliphatic carbocycles. The largest absolute Gasteiger partial charge is 0.420 e. The molecule has 2 N–H and O–H groups in total. The quantitative estimate of drug-likeness (QED) is 0.751. The molecule has 0 atom stereocenters. The molecule has 1 heterocycles. The van der Waals surface area contributed by atoms with Crippen molar-refractivity contribution < 1.29 is 12.8 Å². The van der Waals surface area contributed by atoms with Gasteiger partial charge in [0, 0.05) is 30.4 Å². The molecule has 8 heteroatoms. The highest BCUT2D eigenvalue weighted by molar-refractivity contribution is 7.89. The lowest BCUT2D eigenvalue weighted by Gasteiger charge is -2.29. The number of hydrogen-bond donors (Lipinski definition) is 2. The minimum absolute atomic E-state index is 0.0536. The van der Waals surface area contributed by atoms with E-state index < -0.39 is 10.0 Å². The van der Waals surface area contributed by atoms with Gasteiger partial charge in [0.05, 0.1) is 11.3 Å². The Kier molecular flexibility index (Phi) is 5.95. The highest BCUT2D eigenvalue weighted by Crippen LogP contribution is 2.26. The Morgan fingerprint density at radius 2 is 1.93 bits per heavy atom. The van der Waals surface area contributed by atoms with Gasteiger partial charge in [0.2, 0.25) is 10.0 Å². The van der Waals surface area contributed by atoms with Crippen molar-refractivity contribution in [3.8, 4) is 0 Å². The molecule has 0 unspecified atom stereocenters. The first-order chi connectivity index (χ1) is 12.8. The molecule has 0 amide bonds. The summed E-state index contributed by atoms with van der Waals surface area (Å²) < 4.78 is 33.2. The minimum atomic E-state index is -3.12. The summed E-state index contributed by atoms with van der Waals surface area (Å²) in [5.74, 6) is 0.311. The molecule has 7 nitrogen and oxygen atoms in total. The Bertz CT molecular complexity index is 938. The van der Waals surface area contributed by atoms with Crippen LogP contribution in [-0.4, -0.2) is 31.3 Å². The van der Waals surface area contributed by atoms with Crippen LogP contribution in [0, 0.1) is 5.92 Å². The zero-order valence-corrected chi connectivity index (χ0v) is 17.0. The molecule has 1 fully saturated rings. The molecule has 0 saturated heterocycles. The third kappa shape index (κ3) is 4.73. The van der Waals surface area contributed by atoms with Crippen LogP contribution >= 0.6 is 0 Å². The lowest BCUT2D eigenvalue weighted by Crippen LogP contribution is -2.39. The molecule has 27 heavy (non-hydrogen) atoms. The average Bonchev–Trinajstić information content (AvgIpc) is 2.96. The molecule has 0 spiro atoms. The number of fused-ring (bicyclic) bond motifs is 1. The summed E-state index contributed by atoms with van der Waals surface area (Å²) in [4.78, 5) is 12.0. The fraction of sp³-hybridized carbons (Fsp3) is 0.632. The molecule has 3 rings (SSSR count). The van der Waals surface area contributed by atoms with Crippen LogP contribution in [0.25, 0.3) is 11.1 Å². The SMILES string of the molecule is CCS(=O)(=O)N[C@H]1CC[C@H](CNc2ccc3c(c2)oc(=O)n3C(C)C)CC1. The normalized spacial score (nSPS) is 21.0. The zero-order valence-electron chi connectivity index (χ0n) is 16.2. The highest BCUT2D eigenvalue weighted by Gasteiger charge is 2.24. The van der Waals surface area contributed by atoms with Crippen molar-refractivity contribution in [1.82, 2.24) is 9.29 Å². The van der Waals surface area contributed by atoms with Gasteiger partial charge in [-0.3, -0.25) is 4.57 Å². The lowest BCUT2D eigenvalue weighted by atomic mass is 9.86. The van der Waals surface area contributed by atoms with Gasteiger partial charge in [-0.15, -0.1) is 0 Å². The van der Waals surface area contributed by atoms with Gasteiger partial charge in [-0.05, 0) is 64.5 Å². The van der Waals surface area contributed by atoms with Gasteiger partial charge in [-0.1, -0.05) is 0 Å². The van der Waals surface area contributed by atoms with Crippen LogP contribution in [0.4, 0.5) is 5.69 Å². The molecule has 1 saturated carbocycles. The number of aromatic nitrogens is 1. The molecule has 1 aromatic heterocycles. The second-order valence-electron chi connectivity index (χ2n) is 7.63.